The van der Waals surface area contributed by atoms with Gasteiger partial charge in [-0.1, -0.05) is 6.92 Å². The fourth-order valence-corrected chi connectivity index (χ4v) is 4.15. The molecule has 11 nitrogen and oxygen atoms in total. The monoisotopic (exact) mass is 402 g/mol. The lowest BCUT2D eigenvalue weighted by atomic mass is 9.99. The Kier molecular flexibility index (Phi) is 6.33. The van der Waals surface area contributed by atoms with Gasteiger partial charge >= 0.3 is 12.4 Å². The molecule has 0 aromatic heterocycles. The van der Waals surface area contributed by atoms with E-state index in [2.05, 4.69) is 14.8 Å². The first-order valence-electron chi connectivity index (χ1n) is 7.94. The molecule has 12 heteroatoms. The highest BCUT2D eigenvalue weighted by atomic mass is 32.2. The summed E-state index contributed by atoms with van der Waals surface area (Å²) in [5.74, 6) is -0.625. The highest BCUT2D eigenvalue weighted by Gasteiger charge is 2.45. The number of aliphatic hydroxyl groups excluding tert-OH is 1. The number of hydrogen-bond donors (Lipinski definition) is 2. The molecular weight excluding hydrogens is 384 g/mol. The van der Waals surface area contributed by atoms with Gasteiger partial charge in [-0.15, -0.1) is 0 Å². The molecule has 148 valence electrons. The summed E-state index contributed by atoms with van der Waals surface area (Å²) in [6.45, 7) is 1.37. The van der Waals surface area contributed by atoms with Gasteiger partial charge in [0.1, 0.15) is 11.1 Å². The Morgan fingerprint density at radius 1 is 1.26 bits per heavy atom. The summed E-state index contributed by atoms with van der Waals surface area (Å²) in [7, 11) is -3.35. The molecule has 0 saturated carbocycles. The maximum absolute atomic E-state index is 11.4. The highest BCUT2D eigenvalue weighted by Crippen LogP contribution is 2.25. The number of benzene rings is 1. The number of hydrogen-bond acceptors (Lipinski definition) is 9. The second-order valence-electron chi connectivity index (χ2n) is 5.71. The average molecular weight is 402 g/mol. The van der Waals surface area contributed by atoms with Crippen molar-refractivity contribution in [1.29, 1.82) is 0 Å². The van der Waals surface area contributed by atoms with Gasteiger partial charge in [0, 0.05) is 0 Å². The van der Waals surface area contributed by atoms with Crippen LogP contribution in [0.25, 0.3) is 0 Å². The van der Waals surface area contributed by atoms with Gasteiger partial charge in [0.05, 0.1) is 28.8 Å². The lowest BCUT2D eigenvalue weighted by Gasteiger charge is -2.35. The number of nitrogens with zero attached hydrogens (tertiary/aromatic N) is 1. The second kappa shape index (κ2) is 8.31. The van der Waals surface area contributed by atoms with Crippen molar-refractivity contribution >= 4 is 21.9 Å². The van der Waals surface area contributed by atoms with Crippen LogP contribution in [0.15, 0.2) is 24.3 Å². The molecule has 3 unspecified atom stereocenters. The molecule has 2 bridgehead atoms. The first-order valence-corrected chi connectivity index (χ1v) is 9.66. The molecule has 0 aliphatic carbocycles. The molecule has 1 saturated heterocycles. The highest BCUT2D eigenvalue weighted by molar-refractivity contribution is 7.92. The van der Waals surface area contributed by atoms with Crippen LogP contribution in [-0.2, 0) is 19.4 Å². The van der Waals surface area contributed by atoms with E-state index in [9.17, 15) is 28.1 Å². The van der Waals surface area contributed by atoms with Gasteiger partial charge in [-0.2, -0.15) is 0 Å². The molecule has 1 aromatic carbocycles. The van der Waals surface area contributed by atoms with Crippen molar-refractivity contribution in [2.24, 2.45) is 5.92 Å². The molecular formula is C15H18N2O9S. The summed E-state index contributed by atoms with van der Waals surface area (Å²) in [6.07, 6.45) is -2.04. The van der Waals surface area contributed by atoms with Gasteiger partial charge in [0.15, 0.2) is 9.84 Å². The van der Waals surface area contributed by atoms with Crippen molar-refractivity contribution in [2.45, 2.75) is 24.9 Å². The van der Waals surface area contributed by atoms with E-state index in [0.717, 1.165) is 0 Å². The Morgan fingerprint density at radius 2 is 1.89 bits per heavy atom. The Morgan fingerprint density at radius 3 is 2.37 bits per heavy atom. The van der Waals surface area contributed by atoms with Crippen molar-refractivity contribution in [1.82, 2.24) is 5.32 Å². The average Bonchev–Trinajstić information content (AvgIpc) is 2.56. The largest absolute Gasteiger partial charge is 0.519 e. The summed E-state index contributed by atoms with van der Waals surface area (Å²) >= 11 is 0. The smallest absolute Gasteiger partial charge is 0.395 e. The molecule has 0 spiro atoms. The van der Waals surface area contributed by atoms with Crippen LogP contribution >= 0.6 is 0 Å². The molecule has 3 heterocycles. The summed E-state index contributed by atoms with van der Waals surface area (Å²) in [6, 6.07) is 5.92. The standard InChI is InChI=1S/C8H5NO5.C7H13NO4S/c10-8-13-6-3-1-5(2-4-6)7(14-8)9(11)12;1-2-5-6(10)8-7(5)13(11,12)4-3-9/h1-4,7H;5,7,9H,2-4H2,1H3,(H,8,10). The van der Waals surface area contributed by atoms with E-state index in [1.807, 2.05) is 0 Å². The second-order valence-corrected chi connectivity index (χ2v) is 7.95. The number of sulfone groups is 1. The molecule has 3 aliphatic heterocycles. The lowest BCUT2D eigenvalue weighted by molar-refractivity contribution is -0.575. The lowest BCUT2D eigenvalue weighted by Crippen LogP contribution is -2.62. The maximum atomic E-state index is 11.4. The van der Waals surface area contributed by atoms with Crippen LogP contribution in [0.3, 0.4) is 0 Å². The van der Waals surface area contributed by atoms with E-state index in [1.54, 1.807) is 6.92 Å². The van der Waals surface area contributed by atoms with E-state index >= 15 is 0 Å². The minimum absolute atomic E-state index is 0.214. The van der Waals surface area contributed by atoms with Gasteiger partial charge in [-0.25, -0.2) is 13.2 Å². The number of amides is 1. The van der Waals surface area contributed by atoms with E-state index in [-0.39, 0.29) is 11.7 Å². The first kappa shape index (κ1) is 20.6. The fraction of sp³-hybridized carbons (Fsp3) is 0.467. The Hall–Kier alpha value is -2.73. The van der Waals surface area contributed by atoms with E-state index in [4.69, 9.17) is 5.11 Å². The predicted octanol–water partition coefficient (Wildman–Crippen LogP) is 0.366. The number of rotatable bonds is 5. The van der Waals surface area contributed by atoms with Crippen molar-refractivity contribution in [3.63, 3.8) is 0 Å². The number of ether oxygens (including phenoxy) is 2. The topological polar surface area (TPSA) is 162 Å². The Bertz CT molecular complexity index is 822. The summed E-state index contributed by atoms with van der Waals surface area (Å²) < 4.78 is 31.8. The van der Waals surface area contributed by atoms with Crippen LogP contribution in [0.5, 0.6) is 5.75 Å². The summed E-state index contributed by atoms with van der Waals surface area (Å²) in [5, 5.41) is 20.6. The van der Waals surface area contributed by atoms with Crippen molar-refractivity contribution in [3.8, 4) is 5.75 Å². The fourth-order valence-electron chi connectivity index (χ4n) is 2.53. The SMILES string of the molecule is CCC1C(=O)NC1S(=O)(=O)CCO.O=C1Oc2ccc(cc2)C([N+](=O)[O-])O1. The number of carbonyl (C=O) groups excluding carboxylic acids is 2. The Labute approximate surface area is 154 Å². The number of carbonyl (C=O) groups is 2. The van der Waals surface area contributed by atoms with Crippen LogP contribution in [0.1, 0.15) is 25.1 Å². The molecule has 1 fully saturated rings. The third kappa shape index (κ3) is 4.71. The number of β-lactam (4-membered cyclic amide) rings is 1. The van der Waals surface area contributed by atoms with Crippen LogP contribution in [-0.4, -0.2) is 48.2 Å². The van der Waals surface area contributed by atoms with Gasteiger partial charge in [0.25, 0.3) is 0 Å². The van der Waals surface area contributed by atoms with Gasteiger partial charge in [0.2, 0.25) is 5.91 Å². The van der Waals surface area contributed by atoms with Crippen molar-refractivity contribution in [2.75, 3.05) is 12.4 Å². The molecule has 1 amide bonds. The zero-order valence-corrected chi connectivity index (χ0v) is 15.0. The molecule has 3 aliphatic rings. The van der Waals surface area contributed by atoms with Gasteiger partial charge in [-0.3, -0.25) is 14.9 Å². The summed E-state index contributed by atoms with van der Waals surface area (Å²) in [5.41, 5.74) is 0.315. The maximum Gasteiger partial charge on any atom is 0.519 e. The minimum Gasteiger partial charge on any atom is -0.395 e. The van der Waals surface area contributed by atoms with E-state index in [1.165, 1.54) is 24.3 Å². The minimum atomic E-state index is -3.35. The van der Waals surface area contributed by atoms with Crippen LogP contribution < -0.4 is 10.1 Å². The molecule has 2 N–H and O–H groups in total. The van der Waals surface area contributed by atoms with Gasteiger partial charge < -0.3 is 19.9 Å². The molecule has 0 radical (unpaired) electrons. The summed E-state index contributed by atoms with van der Waals surface area (Å²) in [4.78, 5) is 31.6. The zero-order valence-electron chi connectivity index (χ0n) is 14.2. The third-order valence-corrected chi connectivity index (χ3v) is 5.93. The quantitative estimate of drug-likeness (QED) is 0.233. The van der Waals surface area contributed by atoms with E-state index in [0.29, 0.717) is 17.7 Å². The number of nitrogens with one attached hydrogen (secondary N) is 1. The molecule has 1 aromatic rings. The number of aliphatic hydroxyl groups is 1. The molecule has 4 rings (SSSR count). The Balaban J connectivity index is 0.000000194. The van der Waals surface area contributed by atoms with Crippen LogP contribution in [0, 0.1) is 16.0 Å². The number of nitro groups is 1. The van der Waals surface area contributed by atoms with Crippen LogP contribution in [0.2, 0.25) is 0 Å². The third-order valence-electron chi connectivity index (χ3n) is 3.96. The molecule has 3 atom stereocenters. The van der Waals surface area contributed by atoms with Crippen LogP contribution in [0.4, 0.5) is 4.79 Å². The van der Waals surface area contributed by atoms with Crippen molar-refractivity contribution < 1.29 is 37.5 Å². The predicted molar refractivity (Wildman–Crippen MR) is 89.9 cm³/mol. The zero-order chi connectivity index (χ0) is 20.2. The van der Waals surface area contributed by atoms with E-state index < -0.39 is 45.0 Å². The normalized spacial score (nSPS) is 23.4. The number of fused-ring (bicyclic) bond motifs is 5. The van der Waals surface area contributed by atoms with Gasteiger partial charge in [-0.05, 0) is 30.7 Å². The molecule has 27 heavy (non-hydrogen) atoms. The van der Waals surface area contributed by atoms with Crippen molar-refractivity contribution in [3.05, 3.63) is 39.9 Å². The first-order chi connectivity index (χ1) is 12.7.